The second kappa shape index (κ2) is 2.98. The van der Waals surface area contributed by atoms with Crippen molar-refractivity contribution in [3.05, 3.63) is 35.9 Å². The highest BCUT2D eigenvalue weighted by Crippen LogP contribution is 1.95. The maximum absolute atomic E-state index is 10.8. The van der Waals surface area contributed by atoms with Gasteiger partial charge >= 0.3 is 0 Å². The van der Waals surface area contributed by atoms with Crippen molar-refractivity contribution in [1.29, 1.82) is 0 Å². The fourth-order valence-electron chi connectivity index (χ4n) is 0.622. The molecule has 0 aliphatic carbocycles. The smallest absolute Gasteiger partial charge is 0.265 e. The normalized spacial score (nSPS) is 8.90. The summed E-state index contributed by atoms with van der Waals surface area (Å²) in [7, 11) is 0. The molecular formula is C7H7N2O. The van der Waals surface area contributed by atoms with E-state index in [0.717, 1.165) is 0 Å². The first-order chi connectivity index (χ1) is 4.84. The van der Waals surface area contributed by atoms with Crippen LogP contribution in [0.5, 0.6) is 0 Å². The van der Waals surface area contributed by atoms with Gasteiger partial charge in [-0.05, 0) is 18.2 Å². The molecule has 0 spiro atoms. The third kappa shape index (κ3) is 1.33. The van der Waals surface area contributed by atoms with E-state index in [-0.39, 0.29) is 5.91 Å². The lowest BCUT2D eigenvalue weighted by Crippen LogP contribution is -2.29. The Morgan fingerprint density at radius 1 is 1.50 bits per heavy atom. The number of hydrogen-bond donors (Lipinski definition) is 2. The van der Waals surface area contributed by atoms with E-state index in [2.05, 4.69) is 6.07 Å². The first kappa shape index (κ1) is 6.77. The summed E-state index contributed by atoms with van der Waals surface area (Å²) in [5.41, 5.74) is 2.57. The lowest BCUT2D eigenvalue weighted by atomic mass is 10.2. The van der Waals surface area contributed by atoms with Crippen molar-refractivity contribution < 1.29 is 4.79 Å². The number of carbonyl (C=O) groups is 1. The van der Waals surface area contributed by atoms with Crippen LogP contribution in [0.4, 0.5) is 0 Å². The molecule has 0 bridgehead atoms. The molecule has 0 aromatic heterocycles. The van der Waals surface area contributed by atoms with Gasteiger partial charge < -0.3 is 0 Å². The molecule has 10 heavy (non-hydrogen) atoms. The van der Waals surface area contributed by atoms with Gasteiger partial charge in [0.1, 0.15) is 0 Å². The Bertz CT molecular complexity index is 220. The zero-order valence-electron chi connectivity index (χ0n) is 5.29. The van der Waals surface area contributed by atoms with E-state index in [4.69, 9.17) is 5.84 Å². The molecule has 0 aliphatic heterocycles. The molecule has 3 N–H and O–H groups in total. The molecule has 51 valence electrons. The van der Waals surface area contributed by atoms with E-state index in [1.807, 2.05) is 5.43 Å². The van der Waals surface area contributed by atoms with Gasteiger partial charge in [-0.2, -0.15) is 0 Å². The van der Waals surface area contributed by atoms with Gasteiger partial charge in [0.25, 0.3) is 5.91 Å². The fraction of sp³-hybridized carbons (Fsp3) is 0. The predicted octanol–water partition coefficient (Wildman–Crippen LogP) is 0.0903. The van der Waals surface area contributed by atoms with Crippen molar-refractivity contribution in [3.8, 4) is 0 Å². The van der Waals surface area contributed by atoms with Crippen LogP contribution in [0.3, 0.4) is 0 Å². The molecule has 1 radical (unpaired) electrons. The highest BCUT2D eigenvalue weighted by Gasteiger charge is 1.98. The number of nitrogens with two attached hydrogens (primary N) is 1. The van der Waals surface area contributed by atoms with Crippen LogP contribution < -0.4 is 11.3 Å². The average Bonchev–Trinajstić information content (AvgIpc) is 2.05. The molecule has 0 heterocycles. The van der Waals surface area contributed by atoms with Gasteiger partial charge in [-0.25, -0.2) is 5.84 Å². The molecule has 0 atom stereocenters. The van der Waals surface area contributed by atoms with Crippen LogP contribution in [0.25, 0.3) is 0 Å². The predicted molar refractivity (Wildman–Crippen MR) is 36.9 cm³/mol. The average molecular weight is 135 g/mol. The number of hydrogen-bond acceptors (Lipinski definition) is 2. The molecular weight excluding hydrogens is 128 g/mol. The van der Waals surface area contributed by atoms with Crippen molar-refractivity contribution in [1.82, 2.24) is 5.43 Å². The van der Waals surface area contributed by atoms with Gasteiger partial charge in [-0.1, -0.05) is 12.1 Å². The largest absolute Gasteiger partial charge is 0.290 e. The molecule has 0 aliphatic rings. The Labute approximate surface area is 58.8 Å². The van der Waals surface area contributed by atoms with Crippen LogP contribution in [0.15, 0.2) is 24.3 Å². The standard InChI is InChI=1S/C7H7N2O/c8-9-7(10)6-4-2-1-3-5-6/h2-5H,8H2,(H,9,10). The van der Waals surface area contributed by atoms with Gasteiger partial charge in [0.2, 0.25) is 0 Å². The summed E-state index contributed by atoms with van der Waals surface area (Å²) in [6.45, 7) is 0. The number of hydrazine groups is 1. The summed E-state index contributed by atoms with van der Waals surface area (Å²) in [4.78, 5) is 10.8. The summed E-state index contributed by atoms with van der Waals surface area (Å²) in [6, 6.07) is 9.39. The molecule has 0 fully saturated rings. The molecule has 1 amide bonds. The van der Waals surface area contributed by atoms with Gasteiger partial charge in [-0.15, -0.1) is 0 Å². The lowest BCUT2D eigenvalue weighted by Gasteiger charge is -1.95. The number of carbonyl (C=O) groups excluding carboxylic acids is 1. The Balaban J connectivity index is 2.85. The number of rotatable bonds is 1. The van der Waals surface area contributed by atoms with Crippen molar-refractivity contribution in [3.63, 3.8) is 0 Å². The second-order valence-corrected chi connectivity index (χ2v) is 1.76. The van der Waals surface area contributed by atoms with Crippen molar-refractivity contribution in [2.24, 2.45) is 5.84 Å². The quantitative estimate of drug-likeness (QED) is 0.326. The zero-order chi connectivity index (χ0) is 7.40. The molecule has 3 heteroatoms. The highest BCUT2D eigenvalue weighted by molar-refractivity contribution is 5.93. The van der Waals surface area contributed by atoms with E-state index in [1.54, 1.807) is 24.3 Å². The molecule has 0 saturated carbocycles. The first-order valence-corrected chi connectivity index (χ1v) is 2.81. The van der Waals surface area contributed by atoms with Crippen molar-refractivity contribution in [2.45, 2.75) is 0 Å². The van der Waals surface area contributed by atoms with Crippen LogP contribution >= 0.6 is 0 Å². The van der Waals surface area contributed by atoms with E-state index in [9.17, 15) is 4.79 Å². The van der Waals surface area contributed by atoms with Crippen LogP contribution in [0.1, 0.15) is 10.4 Å². The summed E-state index contributed by atoms with van der Waals surface area (Å²) in [6.07, 6.45) is 0. The third-order valence-corrected chi connectivity index (χ3v) is 1.11. The van der Waals surface area contributed by atoms with Crippen LogP contribution in [0.2, 0.25) is 0 Å². The summed E-state index contributed by atoms with van der Waals surface area (Å²) in [5, 5.41) is 0. The molecule has 3 nitrogen and oxygen atoms in total. The SMILES string of the molecule is NNC(=O)c1cc[c]cc1. The topological polar surface area (TPSA) is 55.1 Å². The maximum atomic E-state index is 10.8. The molecule has 0 unspecified atom stereocenters. The van der Waals surface area contributed by atoms with E-state index in [1.165, 1.54) is 0 Å². The van der Waals surface area contributed by atoms with E-state index in [0.29, 0.717) is 5.56 Å². The van der Waals surface area contributed by atoms with E-state index >= 15 is 0 Å². The van der Waals surface area contributed by atoms with Crippen molar-refractivity contribution >= 4 is 5.91 Å². The zero-order valence-corrected chi connectivity index (χ0v) is 5.29. The van der Waals surface area contributed by atoms with Crippen LogP contribution in [0, 0.1) is 6.07 Å². The maximum Gasteiger partial charge on any atom is 0.265 e. The van der Waals surface area contributed by atoms with Gasteiger partial charge in [0.05, 0.1) is 0 Å². The summed E-state index contributed by atoms with van der Waals surface area (Å²) in [5.74, 6) is 4.61. The van der Waals surface area contributed by atoms with Crippen LogP contribution in [-0.2, 0) is 0 Å². The highest BCUT2D eigenvalue weighted by atomic mass is 16.2. The number of amides is 1. The summed E-state index contributed by atoms with van der Waals surface area (Å²) < 4.78 is 0. The van der Waals surface area contributed by atoms with Gasteiger partial charge in [0, 0.05) is 5.56 Å². The third-order valence-electron chi connectivity index (χ3n) is 1.11. The van der Waals surface area contributed by atoms with Crippen LogP contribution in [-0.4, -0.2) is 5.91 Å². The molecule has 0 saturated heterocycles. The Morgan fingerprint density at radius 2 is 2.10 bits per heavy atom. The number of nitrogen functional groups attached to an aromatic ring is 1. The minimum absolute atomic E-state index is 0.283. The fourth-order valence-corrected chi connectivity index (χ4v) is 0.622. The van der Waals surface area contributed by atoms with Gasteiger partial charge in [-0.3, -0.25) is 10.2 Å². The Morgan fingerprint density at radius 3 is 2.60 bits per heavy atom. The molecule has 1 aromatic carbocycles. The number of nitrogens with one attached hydrogen (secondary N) is 1. The van der Waals surface area contributed by atoms with Gasteiger partial charge in [0.15, 0.2) is 0 Å². The van der Waals surface area contributed by atoms with E-state index < -0.39 is 0 Å². The second-order valence-electron chi connectivity index (χ2n) is 1.76. The monoisotopic (exact) mass is 135 g/mol. The minimum Gasteiger partial charge on any atom is -0.290 e. The Hall–Kier alpha value is -1.35. The Kier molecular flexibility index (Phi) is 2.02. The lowest BCUT2D eigenvalue weighted by molar-refractivity contribution is 0.0953. The van der Waals surface area contributed by atoms with Crippen molar-refractivity contribution in [2.75, 3.05) is 0 Å². The molecule has 1 rings (SSSR count). The molecule has 1 aromatic rings. The first-order valence-electron chi connectivity index (χ1n) is 2.81. The number of benzene rings is 1. The minimum atomic E-state index is -0.283. The summed E-state index contributed by atoms with van der Waals surface area (Å²) >= 11 is 0.